The molecular weight excluding hydrogens is 437 g/mol. The van der Waals surface area contributed by atoms with Crippen LogP contribution >= 0.6 is 23.2 Å². The van der Waals surface area contributed by atoms with E-state index in [1.54, 1.807) is 0 Å². The van der Waals surface area contributed by atoms with E-state index in [-0.39, 0.29) is 32.5 Å². The van der Waals surface area contributed by atoms with Crippen molar-refractivity contribution in [1.29, 1.82) is 0 Å². The number of hydrogen-bond acceptors (Lipinski definition) is 7. The molecule has 0 atom stereocenters. The number of ether oxygens (including phenoxy) is 2. The maximum Gasteiger partial charge on any atom is 0.326 e. The monoisotopic (exact) mass is 449 g/mol. The minimum absolute atomic E-state index is 0.0335. The third kappa shape index (κ3) is 4.50. The minimum Gasteiger partial charge on any atom is -0.456 e. The molecule has 1 aliphatic heterocycles. The lowest BCUT2D eigenvalue weighted by atomic mass is 10.1. The van der Waals surface area contributed by atoms with Crippen molar-refractivity contribution < 1.29 is 33.4 Å². The average molecular weight is 450 g/mol. The summed E-state index contributed by atoms with van der Waals surface area (Å²) in [5.74, 6) is -3.11. The molecule has 0 saturated carbocycles. The van der Waals surface area contributed by atoms with Crippen molar-refractivity contribution in [2.45, 2.75) is 6.92 Å². The van der Waals surface area contributed by atoms with Gasteiger partial charge < -0.3 is 9.47 Å². The molecule has 1 heterocycles. The molecule has 30 heavy (non-hydrogen) atoms. The molecule has 0 unspecified atom stereocenters. The molecule has 1 aliphatic rings. The lowest BCUT2D eigenvalue weighted by Crippen LogP contribution is -2.36. The first-order valence-electron chi connectivity index (χ1n) is 8.50. The summed E-state index contributed by atoms with van der Waals surface area (Å²) in [5, 5.41) is 0.206. The van der Waals surface area contributed by atoms with Gasteiger partial charge in [-0.05, 0) is 36.4 Å². The molecule has 8 nitrogen and oxygen atoms in total. The standard InChI is InChI=1S/C20H13Cl2NO7/c1-10(24)30-12-4-2-11(3-5-12)17(25)9-29-18(26)8-23-19(27)13-6-15(21)16(22)7-14(13)20(23)28/h2-7H,8-9H2,1H3. The molecule has 154 valence electrons. The van der Waals surface area contributed by atoms with Crippen LogP contribution in [-0.2, 0) is 14.3 Å². The van der Waals surface area contributed by atoms with Gasteiger partial charge in [0.05, 0.1) is 21.2 Å². The summed E-state index contributed by atoms with van der Waals surface area (Å²) >= 11 is 11.7. The van der Waals surface area contributed by atoms with E-state index in [1.165, 1.54) is 43.3 Å². The van der Waals surface area contributed by atoms with E-state index in [0.717, 1.165) is 0 Å². The lowest BCUT2D eigenvalue weighted by Gasteiger charge is -2.12. The zero-order valence-electron chi connectivity index (χ0n) is 15.4. The topological polar surface area (TPSA) is 107 Å². The van der Waals surface area contributed by atoms with Crippen LogP contribution in [0.25, 0.3) is 0 Å². The Bertz CT molecular complexity index is 1040. The van der Waals surface area contributed by atoms with Gasteiger partial charge in [-0.25, -0.2) is 0 Å². The molecule has 0 bridgehead atoms. The van der Waals surface area contributed by atoms with Gasteiger partial charge in [-0.1, -0.05) is 23.2 Å². The van der Waals surface area contributed by atoms with E-state index in [4.69, 9.17) is 32.7 Å². The molecular formula is C20H13Cl2NO7. The Hall–Kier alpha value is -3.23. The summed E-state index contributed by atoms with van der Waals surface area (Å²) < 4.78 is 9.75. The largest absolute Gasteiger partial charge is 0.456 e. The number of Topliss-reactive ketones (excluding diaryl/α,β-unsaturated/α-hetero) is 1. The van der Waals surface area contributed by atoms with Crippen LogP contribution in [0, 0.1) is 0 Å². The molecule has 0 saturated heterocycles. The van der Waals surface area contributed by atoms with Crippen molar-refractivity contribution in [2.75, 3.05) is 13.2 Å². The molecule has 10 heteroatoms. The molecule has 0 radical (unpaired) electrons. The highest BCUT2D eigenvalue weighted by Crippen LogP contribution is 2.31. The average Bonchev–Trinajstić information content (AvgIpc) is 2.91. The summed E-state index contributed by atoms with van der Waals surface area (Å²) in [6, 6.07) is 8.18. The normalized spacial score (nSPS) is 12.6. The van der Waals surface area contributed by atoms with Crippen LogP contribution in [0.1, 0.15) is 38.0 Å². The number of ketones is 1. The number of carbonyl (C=O) groups excluding carboxylic acids is 5. The van der Waals surface area contributed by atoms with Crippen LogP contribution in [-0.4, -0.2) is 47.6 Å². The molecule has 0 fully saturated rings. The third-order valence-electron chi connectivity index (χ3n) is 4.10. The summed E-state index contributed by atoms with van der Waals surface area (Å²) in [6.45, 7) is -0.0110. The fraction of sp³-hybridized carbons (Fsp3) is 0.150. The Labute approximate surface area is 180 Å². The van der Waals surface area contributed by atoms with Crippen molar-refractivity contribution in [3.63, 3.8) is 0 Å². The molecule has 0 spiro atoms. The molecule has 2 amide bonds. The highest BCUT2D eigenvalue weighted by molar-refractivity contribution is 6.43. The van der Waals surface area contributed by atoms with Crippen molar-refractivity contribution in [3.8, 4) is 5.75 Å². The highest BCUT2D eigenvalue weighted by atomic mass is 35.5. The maximum absolute atomic E-state index is 12.4. The fourth-order valence-corrected chi connectivity index (χ4v) is 3.03. The number of amides is 2. The number of benzene rings is 2. The Balaban J connectivity index is 1.58. The smallest absolute Gasteiger partial charge is 0.326 e. The Morgan fingerprint density at radius 1 is 0.933 bits per heavy atom. The molecule has 2 aromatic rings. The number of fused-ring (bicyclic) bond motifs is 1. The maximum atomic E-state index is 12.4. The van der Waals surface area contributed by atoms with E-state index in [9.17, 15) is 24.0 Å². The van der Waals surface area contributed by atoms with Gasteiger partial charge in [0, 0.05) is 12.5 Å². The summed E-state index contributed by atoms with van der Waals surface area (Å²) in [5.41, 5.74) is 0.293. The van der Waals surface area contributed by atoms with Crippen molar-refractivity contribution in [1.82, 2.24) is 4.90 Å². The van der Waals surface area contributed by atoms with Gasteiger partial charge in [0.1, 0.15) is 12.3 Å². The van der Waals surface area contributed by atoms with Gasteiger partial charge >= 0.3 is 11.9 Å². The summed E-state index contributed by atoms with van der Waals surface area (Å²) in [6.07, 6.45) is 0. The number of carbonyl (C=O) groups is 5. The van der Waals surface area contributed by atoms with Crippen LogP contribution in [0.3, 0.4) is 0 Å². The number of hydrogen-bond donors (Lipinski definition) is 0. The van der Waals surface area contributed by atoms with E-state index in [1.807, 2.05) is 0 Å². The predicted octanol–water partition coefficient (Wildman–Crippen LogP) is 2.94. The van der Waals surface area contributed by atoms with E-state index < -0.39 is 42.7 Å². The van der Waals surface area contributed by atoms with Crippen LogP contribution in [0.15, 0.2) is 36.4 Å². The molecule has 0 aliphatic carbocycles. The van der Waals surface area contributed by atoms with E-state index >= 15 is 0 Å². The Morgan fingerprint density at radius 3 is 1.97 bits per heavy atom. The highest BCUT2D eigenvalue weighted by Gasteiger charge is 2.37. The molecule has 0 aromatic heterocycles. The van der Waals surface area contributed by atoms with Crippen molar-refractivity contribution >= 4 is 52.7 Å². The van der Waals surface area contributed by atoms with E-state index in [0.29, 0.717) is 4.90 Å². The number of nitrogens with zero attached hydrogens (tertiary/aromatic N) is 1. The molecule has 3 rings (SSSR count). The van der Waals surface area contributed by atoms with Crippen LogP contribution in [0.4, 0.5) is 0 Å². The second-order valence-corrected chi connectivity index (χ2v) is 7.02. The van der Waals surface area contributed by atoms with Crippen LogP contribution < -0.4 is 4.74 Å². The Kier molecular flexibility index (Phi) is 6.19. The zero-order valence-corrected chi connectivity index (χ0v) is 17.0. The van der Waals surface area contributed by atoms with Gasteiger partial charge in [0.15, 0.2) is 12.4 Å². The number of imide groups is 1. The van der Waals surface area contributed by atoms with Crippen LogP contribution in [0.2, 0.25) is 10.0 Å². The SMILES string of the molecule is CC(=O)Oc1ccc(C(=O)COC(=O)CN2C(=O)c3cc(Cl)c(Cl)cc3C2=O)cc1. The first-order chi connectivity index (χ1) is 14.2. The van der Waals surface area contributed by atoms with Gasteiger partial charge in [-0.3, -0.25) is 28.9 Å². The number of rotatable bonds is 6. The zero-order chi connectivity index (χ0) is 22.0. The fourth-order valence-electron chi connectivity index (χ4n) is 2.71. The third-order valence-corrected chi connectivity index (χ3v) is 4.82. The molecule has 0 N–H and O–H groups in total. The molecule has 2 aromatic carbocycles. The van der Waals surface area contributed by atoms with Gasteiger partial charge in [0.2, 0.25) is 0 Å². The van der Waals surface area contributed by atoms with Gasteiger partial charge in [-0.15, -0.1) is 0 Å². The van der Waals surface area contributed by atoms with E-state index in [2.05, 4.69) is 0 Å². The van der Waals surface area contributed by atoms with Gasteiger partial charge in [0.25, 0.3) is 11.8 Å². The quantitative estimate of drug-likeness (QED) is 0.288. The first kappa shape index (κ1) is 21.5. The second kappa shape index (κ2) is 8.64. The number of esters is 2. The summed E-state index contributed by atoms with van der Waals surface area (Å²) in [4.78, 5) is 60.5. The number of halogens is 2. The minimum atomic E-state index is -0.938. The predicted molar refractivity (Wildman–Crippen MR) is 105 cm³/mol. The lowest BCUT2D eigenvalue weighted by molar-refractivity contribution is -0.142. The first-order valence-corrected chi connectivity index (χ1v) is 9.25. The van der Waals surface area contributed by atoms with Crippen molar-refractivity contribution in [2.24, 2.45) is 0 Å². The van der Waals surface area contributed by atoms with Crippen LogP contribution in [0.5, 0.6) is 5.75 Å². The summed E-state index contributed by atoms with van der Waals surface area (Å²) in [7, 11) is 0. The second-order valence-electron chi connectivity index (χ2n) is 6.21. The Morgan fingerprint density at radius 2 is 1.47 bits per heavy atom. The van der Waals surface area contributed by atoms with Crippen molar-refractivity contribution in [3.05, 3.63) is 63.1 Å². The van der Waals surface area contributed by atoms with Gasteiger partial charge in [-0.2, -0.15) is 0 Å².